The van der Waals surface area contributed by atoms with Gasteiger partial charge in [0.2, 0.25) is 0 Å². The molecule has 0 heterocycles. The minimum Gasteiger partial charge on any atom is -0.487 e. The first-order chi connectivity index (χ1) is 10.5. The van der Waals surface area contributed by atoms with Crippen LogP contribution in [0.1, 0.15) is 21.5 Å². The lowest BCUT2D eigenvalue weighted by Gasteiger charge is -2.11. The molecule has 0 aliphatic heterocycles. The van der Waals surface area contributed by atoms with Gasteiger partial charge in [-0.1, -0.05) is 62.0 Å². The summed E-state index contributed by atoms with van der Waals surface area (Å²) < 4.78 is 5.89. The van der Waals surface area contributed by atoms with E-state index in [0.717, 1.165) is 17.4 Å². The molecule has 3 heteroatoms. The average Bonchev–Trinajstić information content (AvgIpc) is 2.51. The lowest BCUT2D eigenvalue weighted by Crippen LogP contribution is -2.16. The van der Waals surface area contributed by atoms with Crippen molar-refractivity contribution in [3.8, 4) is 17.2 Å². The molecule has 22 heavy (non-hydrogen) atoms. The second-order valence-corrected chi connectivity index (χ2v) is 10.9. The second kappa shape index (κ2) is 7.10. The van der Waals surface area contributed by atoms with Crippen molar-refractivity contribution in [2.45, 2.75) is 26.2 Å². The van der Waals surface area contributed by atoms with Gasteiger partial charge >= 0.3 is 0 Å². The summed E-state index contributed by atoms with van der Waals surface area (Å²) in [7, 11) is -1.48. The van der Waals surface area contributed by atoms with Gasteiger partial charge in [-0.3, -0.25) is 4.79 Å². The third kappa shape index (κ3) is 4.61. The molecule has 2 aromatic carbocycles. The molecule has 0 bridgehead atoms. The summed E-state index contributed by atoms with van der Waals surface area (Å²) in [4.78, 5) is 11.3. The summed E-state index contributed by atoms with van der Waals surface area (Å²) in [6.45, 7) is 6.99. The predicted molar refractivity (Wildman–Crippen MR) is 92.8 cm³/mol. The molecule has 0 radical (unpaired) electrons. The van der Waals surface area contributed by atoms with Crippen LogP contribution >= 0.6 is 0 Å². The molecule has 0 aromatic heterocycles. The topological polar surface area (TPSA) is 26.3 Å². The molecule has 112 valence electrons. The Balaban J connectivity index is 2.31. The smallest absolute Gasteiger partial charge is 0.153 e. The Morgan fingerprint density at radius 1 is 1.05 bits per heavy atom. The molecular weight excluding hydrogens is 288 g/mol. The maximum atomic E-state index is 11.3. The zero-order valence-electron chi connectivity index (χ0n) is 13.2. The van der Waals surface area contributed by atoms with Crippen molar-refractivity contribution in [2.75, 3.05) is 0 Å². The number of rotatable bonds is 4. The van der Waals surface area contributed by atoms with E-state index in [1.807, 2.05) is 42.5 Å². The molecule has 0 atom stereocenters. The largest absolute Gasteiger partial charge is 0.487 e. The SMILES string of the molecule is C[Si](C)(C)C#Cc1cccc(C=O)c1OCc1ccccc1. The summed E-state index contributed by atoms with van der Waals surface area (Å²) in [5, 5.41) is 0. The van der Waals surface area contributed by atoms with Gasteiger partial charge in [0.05, 0.1) is 11.1 Å². The van der Waals surface area contributed by atoms with Crippen molar-refractivity contribution < 1.29 is 9.53 Å². The van der Waals surface area contributed by atoms with Gasteiger partial charge in [0, 0.05) is 0 Å². The first-order valence-electron chi connectivity index (χ1n) is 7.28. The van der Waals surface area contributed by atoms with Crippen LogP contribution in [-0.4, -0.2) is 14.4 Å². The van der Waals surface area contributed by atoms with Crippen LogP contribution in [0, 0.1) is 11.5 Å². The Hall–Kier alpha value is -2.31. The van der Waals surface area contributed by atoms with Gasteiger partial charge in [-0.2, -0.15) is 0 Å². The van der Waals surface area contributed by atoms with Crippen LogP contribution in [0.2, 0.25) is 19.6 Å². The lowest BCUT2D eigenvalue weighted by atomic mass is 10.1. The molecule has 0 unspecified atom stereocenters. The molecule has 0 spiro atoms. The van der Waals surface area contributed by atoms with Crippen molar-refractivity contribution >= 4 is 14.4 Å². The quantitative estimate of drug-likeness (QED) is 0.478. The van der Waals surface area contributed by atoms with E-state index in [1.54, 1.807) is 6.07 Å². The van der Waals surface area contributed by atoms with Gasteiger partial charge in [0.1, 0.15) is 20.4 Å². The van der Waals surface area contributed by atoms with E-state index in [2.05, 4.69) is 31.1 Å². The van der Waals surface area contributed by atoms with E-state index >= 15 is 0 Å². The Morgan fingerprint density at radius 2 is 1.77 bits per heavy atom. The zero-order valence-corrected chi connectivity index (χ0v) is 14.2. The first kappa shape index (κ1) is 16.1. The Kier molecular flexibility index (Phi) is 5.19. The van der Waals surface area contributed by atoms with Crippen LogP contribution in [0.25, 0.3) is 0 Å². The number of carbonyl (C=O) groups excluding carboxylic acids is 1. The number of aldehydes is 1. The van der Waals surface area contributed by atoms with E-state index in [4.69, 9.17) is 4.74 Å². The highest BCUT2D eigenvalue weighted by Crippen LogP contribution is 2.23. The molecule has 0 saturated carbocycles. The minimum atomic E-state index is -1.48. The van der Waals surface area contributed by atoms with Crippen LogP contribution in [0.3, 0.4) is 0 Å². The number of hydrogen-bond acceptors (Lipinski definition) is 2. The summed E-state index contributed by atoms with van der Waals surface area (Å²) in [5.74, 6) is 3.77. The van der Waals surface area contributed by atoms with Gasteiger partial charge in [-0.15, -0.1) is 5.54 Å². The van der Waals surface area contributed by atoms with Crippen molar-refractivity contribution in [1.29, 1.82) is 0 Å². The summed E-state index contributed by atoms with van der Waals surface area (Å²) in [5.41, 5.74) is 5.70. The minimum absolute atomic E-state index is 0.424. The fourth-order valence-corrected chi connectivity index (χ4v) is 2.40. The van der Waals surface area contributed by atoms with Crippen LogP contribution < -0.4 is 4.74 Å². The van der Waals surface area contributed by atoms with E-state index in [-0.39, 0.29) is 0 Å². The third-order valence-corrected chi connectivity index (χ3v) is 3.85. The molecule has 0 aliphatic carbocycles. The van der Waals surface area contributed by atoms with Gasteiger partial charge < -0.3 is 4.74 Å². The summed E-state index contributed by atoms with van der Waals surface area (Å²) >= 11 is 0. The molecule has 2 nitrogen and oxygen atoms in total. The molecule has 0 saturated heterocycles. The van der Waals surface area contributed by atoms with E-state index in [9.17, 15) is 4.79 Å². The highest BCUT2D eigenvalue weighted by atomic mass is 28.3. The van der Waals surface area contributed by atoms with Crippen LogP contribution in [0.15, 0.2) is 48.5 Å². The number of benzene rings is 2. The van der Waals surface area contributed by atoms with Gasteiger partial charge in [-0.25, -0.2) is 0 Å². The molecule has 0 aliphatic rings. The fourth-order valence-electron chi connectivity index (χ4n) is 1.89. The van der Waals surface area contributed by atoms with Crippen molar-refractivity contribution in [2.24, 2.45) is 0 Å². The summed E-state index contributed by atoms with van der Waals surface area (Å²) in [6, 6.07) is 15.4. The first-order valence-corrected chi connectivity index (χ1v) is 10.8. The van der Waals surface area contributed by atoms with Gasteiger partial charge in [0.15, 0.2) is 6.29 Å². The number of carbonyl (C=O) groups is 1. The molecule has 2 rings (SSSR count). The summed E-state index contributed by atoms with van der Waals surface area (Å²) in [6.07, 6.45) is 0.819. The second-order valence-electron chi connectivity index (χ2n) is 6.12. The average molecular weight is 308 g/mol. The van der Waals surface area contributed by atoms with E-state index in [1.165, 1.54) is 0 Å². The van der Waals surface area contributed by atoms with Crippen LogP contribution in [0.5, 0.6) is 5.75 Å². The van der Waals surface area contributed by atoms with Crippen LogP contribution in [0.4, 0.5) is 0 Å². The molecule has 0 amide bonds. The van der Waals surface area contributed by atoms with Crippen molar-refractivity contribution in [3.63, 3.8) is 0 Å². The third-order valence-electron chi connectivity index (χ3n) is 2.97. The molecule has 2 aromatic rings. The monoisotopic (exact) mass is 308 g/mol. The molecular formula is C19H20O2Si. The van der Waals surface area contributed by atoms with E-state index < -0.39 is 8.07 Å². The van der Waals surface area contributed by atoms with Gasteiger partial charge in [0.25, 0.3) is 0 Å². The maximum Gasteiger partial charge on any atom is 0.153 e. The predicted octanol–water partition coefficient (Wildman–Crippen LogP) is 4.31. The van der Waals surface area contributed by atoms with E-state index in [0.29, 0.717) is 17.9 Å². The number of hydrogen-bond donors (Lipinski definition) is 0. The Labute approximate surface area is 133 Å². The number of para-hydroxylation sites is 1. The Morgan fingerprint density at radius 3 is 2.41 bits per heavy atom. The number of ether oxygens (including phenoxy) is 1. The zero-order chi connectivity index (χ0) is 16.0. The van der Waals surface area contributed by atoms with Crippen molar-refractivity contribution in [3.05, 3.63) is 65.2 Å². The highest BCUT2D eigenvalue weighted by Gasteiger charge is 2.11. The molecule has 0 N–H and O–H groups in total. The fraction of sp³-hybridized carbons (Fsp3) is 0.211. The molecule has 0 fully saturated rings. The normalized spacial score (nSPS) is 10.5. The van der Waals surface area contributed by atoms with Gasteiger partial charge in [-0.05, 0) is 17.7 Å². The lowest BCUT2D eigenvalue weighted by molar-refractivity contribution is 0.111. The highest BCUT2D eigenvalue weighted by molar-refractivity contribution is 6.83. The standard InChI is InChI=1S/C19H20O2Si/c1-22(2,3)13-12-17-10-7-11-18(14-20)19(17)21-15-16-8-5-4-6-9-16/h4-11,14H,15H2,1-3H3. The Bertz CT molecular complexity index is 704. The maximum absolute atomic E-state index is 11.3. The van der Waals surface area contributed by atoms with Crippen LogP contribution in [-0.2, 0) is 6.61 Å². The van der Waals surface area contributed by atoms with Crippen molar-refractivity contribution in [1.82, 2.24) is 0 Å².